The van der Waals surface area contributed by atoms with Crippen LogP contribution in [-0.4, -0.2) is 20.3 Å². The van der Waals surface area contributed by atoms with Gasteiger partial charge in [-0.3, -0.25) is 9.59 Å². The molecule has 80 valence electrons. The van der Waals surface area contributed by atoms with E-state index in [1.807, 2.05) is 30.3 Å². The third kappa shape index (κ3) is 2.20. The number of amides is 2. The maximum Gasteiger partial charge on any atom is 0.264 e. The van der Waals surface area contributed by atoms with Gasteiger partial charge in [-0.2, -0.15) is 0 Å². The topological polar surface area (TPSA) is 37.4 Å². The number of hydrogen-bond acceptors (Lipinski definition) is 4. The van der Waals surface area contributed by atoms with Crippen LogP contribution in [0.4, 0.5) is 0 Å². The van der Waals surface area contributed by atoms with Crippen molar-refractivity contribution in [3.63, 3.8) is 0 Å². The van der Waals surface area contributed by atoms with Crippen molar-refractivity contribution in [3.8, 4) is 0 Å². The molecule has 1 aromatic rings. The molecule has 3 nitrogen and oxygen atoms in total. The number of hydrogen-bond donors (Lipinski definition) is 0. The standard InChI is InChI=1S/C11H7NO2S2/c13-9-6-7-10(14)12(9)16-11(15)8-4-2-1-3-5-8/h1-7H. The Morgan fingerprint density at radius 1 is 1.06 bits per heavy atom. The van der Waals surface area contributed by atoms with E-state index >= 15 is 0 Å². The second-order valence-electron chi connectivity index (χ2n) is 3.05. The molecule has 16 heavy (non-hydrogen) atoms. The van der Waals surface area contributed by atoms with Crippen molar-refractivity contribution in [1.29, 1.82) is 0 Å². The van der Waals surface area contributed by atoms with E-state index in [0.29, 0.717) is 4.20 Å². The van der Waals surface area contributed by atoms with E-state index in [2.05, 4.69) is 0 Å². The number of nitrogens with zero attached hydrogens (tertiary/aromatic N) is 1. The number of carbonyl (C=O) groups is 2. The van der Waals surface area contributed by atoms with Crippen LogP contribution in [0.1, 0.15) is 5.56 Å². The molecule has 0 unspecified atom stereocenters. The maximum atomic E-state index is 11.3. The average molecular weight is 249 g/mol. The van der Waals surface area contributed by atoms with E-state index in [1.54, 1.807) is 0 Å². The van der Waals surface area contributed by atoms with Crippen LogP contribution in [0.15, 0.2) is 42.5 Å². The quantitative estimate of drug-likeness (QED) is 0.456. The average Bonchev–Trinajstić information content (AvgIpc) is 2.62. The molecule has 2 rings (SSSR count). The predicted molar refractivity (Wildman–Crippen MR) is 66.7 cm³/mol. The summed E-state index contributed by atoms with van der Waals surface area (Å²) in [4.78, 5) is 22.6. The highest BCUT2D eigenvalue weighted by Crippen LogP contribution is 2.22. The number of thiocarbonyl (C=S) groups is 1. The molecule has 0 saturated heterocycles. The monoisotopic (exact) mass is 249 g/mol. The first-order chi connectivity index (χ1) is 7.68. The Balaban J connectivity index is 2.09. The molecule has 1 aliphatic rings. The minimum Gasteiger partial charge on any atom is -0.268 e. The zero-order chi connectivity index (χ0) is 11.5. The fourth-order valence-corrected chi connectivity index (χ4v) is 2.26. The Morgan fingerprint density at radius 2 is 1.62 bits per heavy atom. The lowest BCUT2D eigenvalue weighted by Crippen LogP contribution is -2.24. The van der Waals surface area contributed by atoms with Gasteiger partial charge in [0.25, 0.3) is 11.8 Å². The number of imide groups is 1. The fraction of sp³-hybridized carbons (Fsp3) is 0. The summed E-state index contributed by atoms with van der Waals surface area (Å²) in [7, 11) is 0. The molecule has 1 heterocycles. The van der Waals surface area contributed by atoms with Crippen LogP contribution < -0.4 is 0 Å². The normalized spacial score (nSPS) is 14.6. The summed E-state index contributed by atoms with van der Waals surface area (Å²) in [5.74, 6) is -0.679. The molecule has 0 N–H and O–H groups in total. The van der Waals surface area contributed by atoms with Crippen molar-refractivity contribution in [2.24, 2.45) is 0 Å². The van der Waals surface area contributed by atoms with Crippen LogP contribution in [0.25, 0.3) is 0 Å². The highest BCUT2D eigenvalue weighted by Gasteiger charge is 2.25. The van der Waals surface area contributed by atoms with Gasteiger partial charge >= 0.3 is 0 Å². The molecule has 0 radical (unpaired) electrons. The summed E-state index contributed by atoms with van der Waals surface area (Å²) in [5.41, 5.74) is 0.829. The molecule has 5 heteroatoms. The van der Waals surface area contributed by atoms with Gasteiger partial charge in [0.2, 0.25) is 0 Å². The smallest absolute Gasteiger partial charge is 0.264 e. The van der Waals surface area contributed by atoms with E-state index in [1.165, 1.54) is 12.2 Å². The van der Waals surface area contributed by atoms with Crippen molar-refractivity contribution in [2.45, 2.75) is 0 Å². The first-order valence-corrected chi connectivity index (χ1v) is 5.70. The van der Waals surface area contributed by atoms with E-state index in [4.69, 9.17) is 12.2 Å². The fourth-order valence-electron chi connectivity index (χ4n) is 1.19. The summed E-state index contributed by atoms with van der Waals surface area (Å²) in [6, 6.07) is 9.27. The van der Waals surface area contributed by atoms with Crippen molar-refractivity contribution in [2.75, 3.05) is 0 Å². The van der Waals surface area contributed by atoms with E-state index in [9.17, 15) is 9.59 Å². The van der Waals surface area contributed by atoms with Crippen LogP contribution in [0.5, 0.6) is 0 Å². The van der Waals surface area contributed by atoms with Gasteiger partial charge in [0, 0.05) is 29.7 Å². The van der Waals surface area contributed by atoms with Gasteiger partial charge in [0.1, 0.15) is 0 Å². The Morgan fingerprint density at radius 3 is 2.19 bits per heavy atom. The predicted octanol–water partition coefficient (Wildman–Crippen LogP) is 1.94. The largest absolute Gasteiger partial charge is 0.268 e. The Hall–Kier alpha value is -1.46. The van der Waals surface area contributed by atoms with Crippen LogP contribution >= 0.6 is 24.2 Å². The molecule has 0 aliphatic carbocycles. The zero-order valence-electron chi connectivity index (χ0n) is 8.12. The summed E-state index contributed by atoms with van der Waals surface area (Å²) < 4.78 is 1.56. The van der Waals surface area contributed by atoms with E-state index in [-0.39, 0.29) is 11.8 Å². The molecule has 0 atom stereocenters. The van der Waals surface area contributed by atoms with Crippen LogP contribution in [0.3, 0.4) is 0 Å². The molecular weight excluding hydrogens is 242 g/mol. The first kappa shape index (κ1) is 11.0. The van der Waals surface area contributed by atoms with Crippen molar-refractivity contribution >= 4 is 40.2 Å². The number of rotatable bonds is 2. The van der Waals surface area contributed by atoms with Crippen LogP contribution in [0.2, 0.25) is 0 Å². The van der Waals surface area contributed by atoms with E-state index < -0.39 is 0 Å². The lowest BCUT2D eigenvalue weighted by molar-refractivity contribution is -0.130. The maximum absolute atomic E-state index is 11.3. The highest BCUT2D eigenvalue weighted by atomic mass is 32.2. The van der Waals surface area contributed by atoms with Gasteiger partial charge in [-0.25, -0.2) is 4.31 Å². The van der Waals surface area contributed by atoms with Crippen molar-refractivity contribution in [3.05, 3.63) is 48.0 Å². The number of benzene rings is 1. The summed E-state index contributed by atoms with van der Waals surface area (Å²) in [6.45, 7) is 0. The Kier molecular flexibility index (Phi) is 3.17. The second-order valence-corrected chi connectivity index (χ2v) is 4.67. The van der Waals surface area contributed by atoms with Crippen LogP contribution in [-0.2, 0) is 9.59 Å². The minimum atomic E-state index is -0.340. The molecule has 0 bridgehead atoms. The molecule has 0 spiro atoms. The summed E-state index contributed by atoms with van der Waals surface area (Å²) in [6.07, 6.45) is 2.48. The minimum absolute atomic E-state index is 0.340. The summed E-state index contributed by atoms with van der Waals surface area (Å²) >= 11 is 6.13. The molecule has 1 aliphatic heterocycles. The SMILES string of the molecule is O=C1C=CC(=O)N1SC(=S)c1ccccc1. The van der Waals surface area contributed by atoms with Crippen molar-refractivity contribution < 1.29 is 9.59 Å². The van der Waals surface area contributed by atoms with Gasteiger partial charge in [-0.15, -0.1) is 0 Å². The molecule has 0 fully saturated rings. The highest BCUT2D eigenvalue weighted by molar-refractivity contribution is 8.22. The van der Waals surface area contributed by atoms with Gasteiger partial charge in [-0.1, -0.05) is 42.5 Å². The lowest BCUT2D eigenvalue weighted by atomic mass is 10.2. The molecular formula is C11H7NO2S2. The molecule has 0 aromatic heterocycles. The second kappa shape index (κ2) is 4.59. The zero-order valence-corrected chi connectivity index (χ0v) is 9.75. The van der Waals surface area contributed by atoms with Gasteiger partial charge in [0.05, 0.1) is 4.20 Å². The molecule has 0 saturated carbocycles. The van der Waals surface area contributed by atoms with Crippen molar-refractivity contribution in [1.82, 2.24) is 4.31 Å². The van der Waals surface area contributed by atoms with Gasteiger partial charge < -0.3 is 0 Å². The summed E-state index contributed by atoms with van der Waals surface area (Å²) in [5, 5.41) is 0. The third-order valence-electron chi connectivity index (χ3n) is 1.95. The first-order valence-electron chi connectivity index (χ1n) is 4.52. The van der Waals surface area contributed by atoms with Gasteiger partial charge in [0.15, 0.2) is 0 Å². The van der Waals surface area contributed by atoms with Gasteiger partial charge in [-0.05, 0) is 0 Å². The Bertz CT molecular complexity index is 464. The Labute approximate surface area is 102 Å². The number of carbonyl (C=O) groups excluding carboxylic acids is 2. The molecule has 1 aromatic carbocycles. The van der Waals surface area contributed by atoms with E-state index in [0.717, 1.165) is 21.8 Å². The third-order valence-corrected chi connectivity index (χ3v) is 3.36. The van der Waals surface area contributed by atoms with Crippen LogP contribution in [0, 0.1) is 0 Å². The molecule has 2 amide bonds. The lowest BCUT2D eigenvalue weighted by Gasteiger charge is -2.12.